The van der Waals surface area contributed by atoms with Crippen molar-refractivity contribution in [1.29, 1.82) is 0 Å². The van der Waals surface area contributed by atoms with E-state index in [1.807, 2.05) is 12.4 Å². The van der Waals surface area contributed by atoms with Gasteiger partial charge in [0.15, 0.2) is 0 Å². The van der Waals surface area contributed by atoms with Crippen LogP contribution in [0.3, 0.4) is 0 Å². The van der Waals surface area contributed by atoms with E-state index in [1.165, 1.54) is 66.1 Å². The highest BCUT2D eigenvalue weighted by molar-refractivity contribution is 6.10. The van der Waals surface area contributed by atoms with Gasteiger partial charge in [0, 0.05) is 18.0 Å². The van der Waals surface area contributed by atoms with Gasteiger partial charge in [-0.25, -0.2) is 4.99 Å². The van der Waals surface area contributed by atoms with Crippen LogP contribution in [0.5, 0.6) is 0 Å². The van der Waals surface area contributed by atoms with Gasteiger partial charge in [0.25, 0.3) is 0 Å². The van der Waals surface area contributed by atoms with E-state index >= 15 is 0 Å². The van der Waals surface area contributed by atoms with Crippen LogP contribution in [0.2, 0.25) is 0 Å². The molecule has 0 spiro atoms. The standard InChI is InChI=1S/C49H36N2O/c1-48(2)31-52-47(51-48)37-26-36(29-50-30-37)43-28-45-46(41-20-12-11-19-40(41)43)42-24-23-35(34-22-21-32-13-9-10-14-33(32)25-34)27-44(42)49(45,38-15-5-3-6-16-38)39-17-7-4-8-18-39/h3-30H,31H2,1-2H3. The monoisotopic (exact) mass is 668 g/mol. The molecule has 52 heavy (non-hydrogen) atoms. The highest BCUT2D eigenvalue weighted by Crippen LogP contribution is 2.59. The molecule has 0 saturated carbocycles. The fourth-order valence-corrected chi connectivity index (χ4v) is 8.57. The number of hydrogen-bond acceptors (Lipinski definition) is 3. The van der Waals surface area contributed by atoms with Crippen LogP contribution in [0.25, 0.3) is 54.9 Å². The lowest BCUT2D eigenvalue weighted by molar-refractivity contribution is 0.279. The Balaban J connectivity index is 1.29. The number of aromatic nitrogens is 1. The molecule has 0 atom stereocenters. The third kappa shape index (κ3) is 4.66. The highest BCUT2D eigenvalue weighted by atomic mass is 16.5. The van der Waals surface area contributed by atoms with Gasteiger partial charge in [0.05, 0.1) is 16.5 Å². The van der Waals surface area contributed by atoms with E-state index in [2.05, 4.69) is 172 Å². The molecule has 1 aliphatic carbocycles. The molecule has 1 aliphatic heterocycles. The van der Waals surface area contributed by atoms with Crippen molar-refractivity contribution in [2.75, 3.05) is 6.61 Å². The second-order valence-corrected chi connectivity index (χ2v) is 14.7. The third-order valence-corrected chi connectivity index (χ3v) is 10.9. The van der Waals surface area contributed by atoms with Crippen molar-refractivity contribution in [3.05, 3.63) is 198 Å². The lowest BCUT2D eigenvalue weighted by Crippen LogP contribution is -2.28. The topological polar surface area (TPSA) is 34.5 Å². The summed E-state index contributed by atoms with van der Waals surface area (Å²) in [4.78, 5) is 9.63. The molecular weight excluding hydrogens is 633 g/mol. The van der Waals surface area contributed by atoms with Gasteiger partial charge < -0.3 is 4.74 Å². The number of hydrogen-bond donors (Lipinski definition) is 0. The fraction of sp³-hybridized carbons (Fsp3) is 0.102. The number of fused-ring (bicyclic) bond motifs is 6. The van der Waals surface area contributed by atoms with E-state index in [4.69, 9.17) is 14.7 Å². The molecule has 7 aromatic carbocycles. The Morgan fingerprint density at radius 3 is 1.87 bits per heavy atom. The molecular formula is C49H36N2O. The SMILES string of the molecule is CC1(C)COC(c2cncc(-c3cc4c(c5ccccc35)-c3ccc(-c5ccc6ccccc6c5)cc3C4(c3ccccc3)c3ccccc3)c2)=N1. The van der Waals surface area contributed by atoms with Crippen molar-refractivity contribution in [3.8, 4) is 33.4 Å². The second kappa shape index (κ2) is 11.6. The average Bonchev–Trinajstić information content (AvgIpc) is 3.72. The molecule has 3 nitrogen and oxygen atoms in total. The Kier molecular flexibility index (Phi) is 6.81. The molecule has 0 radical (unpaired) electrons. The maximum Gasteiger partial charge on any atom is 0.218 e. The number of nitrogens with zero attached hydrogens (tertiary/aromatic N) is 2. The van der Waals surface area contributed by atoms with E-state index in [0.717, 1.165) is 16.7 Å². The van der Waals surface area contributed by atoms with Crippen LogP contribution in [-0.4, -0.2) is 23.0 Å². The van der Waals surface area contributed by atoms with E-state index in [-0.39, 0.29) is 5.54 Å². The van der Waals surface area contributed by atoms with Crippen molar-refractivity contribution in [2.24, 2.45) is 4.99 Å². The predicted octanol–water partition coefficient (Wildman–Crippen LogP) is 11.6. The van der Waals surface area contributed by atoms with Gasteiger partial charge in [0.1, 0.15) is 6.61 Å². The van der Waals surface area contributed by atoms with Crippen molar-refractivity contribution in [1.82, 2.24) is 4.98 Å². The summed E-state index contributed by atoms with van der Waals surface area (Å²) in [7, 11) is 0. The molecule has 3 heteroatoms. The van der Waals surface area contributed by atoms with E-state index < -0.39 is 5.41 Å². The Morgan fingerprint density at radius 1 is 0.500 bits per heavy atom. The van der Waals surface area contributed by atoms with E-state index in [9.17, 15) is 0 Å². The summed E-state index contributed by atoms with van der Waals surface area (Å²) in [5.41, 5.74) is 12.2. The maximum atomic E-state index is 6.08. The van der Waals surface area contributed by atoms with Crippen LogP contribution >= 0.6 is 0 Å². The minimum absolute atomic E-state index is 0.256. The van der Waals surface area contributed by atoms with Gasteiger partial charge in [-0.3, -0.25) is 4.98 Å². The Labute approximate surface area is 303 Å². The van der Waals surface area contributed by atoms with Gasteiger partial charge in [0.2, 0.25) is 5.90 Å². The molecule has 248 valence electrons. The van der Waals surface area contributed by atoms with Crippen LogP contribution < -0.4 is 0 Å². The zero-order valence-corrected chi connectivity index (χ0v) is 29.2. The van der Waals surface area contributed by atoms with Crippen LogP contribution in [0, 0.1) is 0 Å². The molecule has 2 heterocycles. The minimum Gasteiger partial charge on any atom is -0.475 e. The van der Waals surface area contributed by atoms with Crippen LogP contribution in [0.4, 0.5) is 0 Å². The smallest absolute Gasteiger partial charge is 0.218 e. The Morgan fingerprint density at radius 2 is 1.13 bits per heavy atom. The van der Waals surface area contributed by atoms with Gasteiger partial charge in [-0.15, -0.1) is 0 Å². The molecule has 0 fully saturated rings. The van der Waals surface area contributed by atoms with E-state index in [1.54, 1.807) is 0 Å². The zero-order chi connectivity index (χ0) is 34.9. The number of pyridine rings is 1. The second-order valence-electron chi connectivity index (χ2n) is 14.7. The lowest BCUT2D eigenvalue weighted by Gasteiger charge is -2.34. The van der Waals surface area contributed by atoms with Crippen LogP contribution in [-0.2, 0) is 10.2 Å². The number of rotatable bonds is 5. The first-order valence-corrected chi connectivity index (χ1v) is 18.0. The quantitative estimate of drug-likeness (QED) is 0.183. The van der Waals surface area contributed by atoms with Crippen molar-refractivity contribution in [2.45, 2.75) is 24.8 Å². The summed E-state index contributed by atoms with van der Waals surface area (Å²) in [6.07, 6.45) is 3.84. The highest BCUT2D eigenvalue weighted by Gasteiger charge is 2.47. The Bertz CT molecular complexity index is 2670. The van der Waals surface area contributed by atoms with Crippen LogP contribution in [0.1, 0.15) is 41.7 Å². The van der Waals surface area contributed by atoms with Gasteiger partial charge in [-0.1, -0.05) is 133 Å². The summed E-state index contributed by atoms with van der Waals surface area (Å²) in [5.74, 6) is 0.654. The average molecular weight is 669 g/mol. The molecule has 0 saturated heterocycles. The van der Waals surface area contributed by atoms with Crippen molar-refractivity contribution < 1.29 is 4.74 Å². The molecule has 0 unspecified atom stereocenters. The first-order valence-electron chi connectivity index (χ1n) is 18.0. The largest absolute Gasteiger partial charge is 0.475 e. The van der Waals surface area contributed by atoms with Gasteiger partial charge in [-0.05, 0) is 110 Å². The van der Waals surface area contributed by atoms with Gasteiger partial charge >= 0.3 is 0 Å². The van der Waals surface area contributed by atoms with E-state index in [0.29, 0.717) is 12.5 Å². The Hall–Kier alpha value is -6.32. The summed E-state index contributed by atoms with van der Waals surface area (Å²) < 4.78 is 6.08. The zero-order valence-electron chi connectivity index (χ0n) is 29.2. The maximum absolute atomic E-state index is 6.08. The van der Waals surface area contributed by atoms with Crippen molar-refractivity contribution in [3.63, 3.8) is 0 Å². The predicted molar refractivity (Wildman–Crippen MR) is 214 cm³/mol. The summed E-state index contributed by atoms with van der Waals surface area (Å²) in [6.45, 7) is 4.76. The normalized spacial score (nSPS) is 15.2. The third-order valence-electron chi connectivity index (χ3n) is 10.9. The van der Waals surface area contributed by atoms with Crippen LogP contribution in [0.15, 0.2) is 175 Å². The molecule has 8 aromatic rings. The molecule has 2 aliphatic rings. The fourth-order valence-electron chi connectivity index (χ4n) is 8.57. The minimum atomic E-state index is -0.577. The van der Waals surface area contributed by atoms with Gasteiger partial charge in [-0.2, -0.15) is 0 Å². The molecule has 10 rings (SSSR count). The van der Waals surface area contributed by atoms with Crippen molar-refractivity contribution >= 4 is 27.4 Å². The molecule has 0 amide bonds. The molecule has 0 bridgehead atoms. The summed E-state index contributed by atoms with van der Waals surface area (Å²) >= 11 is 0. The number of aliphatic imine (C=N–C) groups is 1. The summed E-state index contributed by atoms with van der Waals surface area (Å²) in [5, 5.41) is 4.90. The number of benzene rings is 7. The summed E-state index contributed by atoms with van der Waals surface area (Å²) in [6, 6.07) is 58.1. The molecule has 1 aromatic heterocycles. The lowest BCUT2D eigenvalue weighted by atomic mass is 9.67. The molecule has 0 N–H and O–H groups in total. The number of ether oxygens (including phenoxy) is 1. The first kappa shape index (κ1) is 30.5. The first-order chi connectivity index (χ1) is 25.5.